The second-order valence-corrected chi connectivity index (χ2v) is 20.8. The topological polar surface area (TPSA) is 122 Å². The van der Waals surface area contributed by atoms with Crippen molar-refractivity contribution in [3.05, 3.63) is 30.5 Å². The van der Waals surface area contributed by atoms with E-state index in [9.17, 15) is 4.79 Å². The molecule has 4 rings (SSSR count). The van der Waals surface area contributed by atoms with Gasteiger partial charge in [0.05, 0.1) is 29.8 Å². The Morgan fingerprint density at radius 3 is 2.40 bits per heavy atom. The third-order valence-electron chi connectivity index (χ3n) is 8.57. The van der Waals surface area contributed by atoms with E-state index < -0.39 is 14.4 Å². The summed E-state index contributed by atoms with van der Waals surface area (Å²) in [5.41, 5.74) is 0.988. The molecule has 1 atom stereocenters. The summed E-state index contributed by atoms with van der Waals surface area (Å²) >= 11 is 0. The normalized spacial score (nSPS) is 15.8. The van der Waals surface area contributed by atoms with E-state index >= 15 is 0 Å². The maximum absolute atomic E-state index is 12.3. The Balaban J connectivity index is 1.57. The van der Waals surface area contributed by atoms with E-state index in [0.29, 0.717) is 24.6 Å². The minimum absolute atomic E-state index is 0.0155. The maximum atomic E-state index is 12.3. The molecule has 2 aromatic heterocycles. The molecule has 1 aliphatic rings. The molecule has 0 bridgehead atoms. The Bertz CT molecular complexity index is 1500. The van der Waals surface area contributed by atoms with E-state index in [4.69, 9.17) is 33.7 Å². The van der Waals surface area contributed by atoms with Gasteiger partial charge in [0.1, 0.15) is 18.2 Å². The largest absolute Gasteiger partial charge is 0.491 e. The molecular weight excluding hydrogens is 613 g/mol. The number of alkyl carbamates (subject to hydrolysis) is 1. The number of carbonyl (C=O) groups excluding carboxylic acids is 1. The van der Waals surface area contributed by atoms with Gasteiger partial charge in [0.15, 0.2) is 19.8 Å². The summed E-state index contributed by atoms with van der Waals surface area (Å²) < 4.78 is 26.1. The van der Waals surface area contributed by atoms with Gasteiger partial charge in [0.25, 0.3) is 0 Å². The molecular formula is C35H56N6O5Si. The Hall–Kier alpha value is -3.22. The highest BCUT2D eigenvalue weighted by atomic mass is 28.4. The summed E-state index contributed by atoms with van der Waals surface area (Å²) in [6.07, 6.45) is 3.51. The van der Waals surface area contributed by atoms with Crippen LogP contribution in [0.5, 0.6) is 5.75 Å². The highest BCUT2D eigenvalue weighted by Crippen LogP contribution is 2.38. The van der Waals surface area contributed by atoms with Crippen molar-refractivity contribution in [3.8, 4) is 17.1 Å². The Kier molecular flexibility index (Phi) is 11.3. The maximum Gasteiger partial charge on any atom is 0.407 e. The lowest BCUT2D eigenvalue weighted by Gasteiger charge is -2.39. The van der Waals surface area contributed by atoms with Crippen molar-refractivity contribution in [1.82, 2.24) is 25.1 Å². The third kappa shape index (κ3) is 10.1. The molecule has 1 amide bonds. The lowest BCUT2D eigenvalue weighted by Crippen LogP contribution is -2.46. The predicted molar refractivity (Wildman–Crippen MR) is 190 cm³/mol. The van der Waals surface area contributed by atoms with Crippen LogP contribution < -0.4 is 15.4 Å². The number of nitrogens with zero attached hydrogens (tertiary/aromatic N) is 4. The van der Waals surface area contributed by atoms with Gasteiger partial charge in [-0.15, -0.1) is 0 Å². The minimum atomic E-state index is -2.13. The van der Waals surface area contributed by atoms with Crippen LogP contribution in [0.3, 0.4) is 0 Å². The van der Waals surface area contributed by atoms with Crippen LogP contribution >= 0.6 is 0 Å². The molecule has 1 aliphatic heterocycles. The van der Waals surface area contributed by atoms with Crippen LogP contribution in [0.1, 0.15) is 81.6 Å². The van der Waals surface area contributed by atoms with E-state index in [1.54, 1.807) is 0 Å². The summed E-state index contributed by atoms with van der Waals surface area (Å²) in [6, 6.07) is 8.11. The van der Waals surface area contributed by atoms with Gasteiger partial charge in [0, 0.05) is 36.8 Å². The van der Waals surface area contributed by atoms with Gasteiger partial charge in [-0.05, 0) is 84.6 Å². The van der Waals surface area contributed by atoms with Gasteiger partial charge in [-0.3, -0.25) is 0 Å². The van der Waals surface area contributed by atoms with Gasteiger partial charge in [-0.1, -0.05) is 32.9 Å². The molecule has 47 heavy (non-hydrogen) atoms. The van der Waals surface area contributed by atoms with Crippen molar-refractivity contribution in [3.63, 3.8) is 0 Å². The van der Waals surface area contributed by atoms with Crippen molar-refractivity contribution in [1.29, 1.82) is 0 Å². The van der Waals surface area contributed by atoms with Gasteiger partial charge >= 0.3 is 6.09 Å². The number of benzene rings is 1. The van der Waals surface area contributed by atoms with E-state index in [0.717, 1.165) is 48.5 Å². The fraction of sp³-hybridized carbons (Fsp3) is 0.657. The third-order valence-corrected chi connectivity index (χ3v) is 13.1. The molecule has 12 heteroatoms. The molecule has 3 aromatic rings. The Labute approximate surface area is 281 Å². The number of fused-ring (bicyclic) bond motifs is 1. The molecule has 0 saturated carbocycles. The zero-order valence-corrected chi connectivity index (χ0v) is 31.3. The molecule has 1 fully saturated rings. The first-order valence-electron chi connectivity index (χ1n) is 16.8. The average molecular weight is 669 g/mol. The zero-order chi connectivity index (χ0) is 34.6. The summed E-state index contributed by atoms with van der Waals surface area (Å²) in [5.74, 6) is 2.05. The number of hydrogen-bond donors (Lipinski definition) is 2. The van der Waals surface area contributed by atoms with Crippen LogP contribution in [-0.4, -0.2) is 78.3 Å². The van der Waals surface area contributed by atoms with Gasteiger partial charge < -0.3 is 29.3 Å². The van der Waals surface area contributed by atoms with Gasteiger partial charge in [-0.25, -0.2) is 19.4 Å². The van der Waals surface area contributed by atoms with Crippen LogP contribution in [0.2, 0.25) is 18.1 Å². The zero-order valence-electron chi connectivity index (χ0n) is 30.3. The van der Waals surface area contributed by atoms with Crippen LogP contribution in [-0.2, 0) is 19.4 Å². The number of hydrogen-bond acceptors (Lipinski definition) is 9. The van der Waals surface area contributed by atoms with E-state index in [2.05, 4.69) is 65.3 Å². The van der Waals surface area contributed by atoms with Crippen molar-refractivity contribution >= 4 is 31.3 Å². The Morgan fingerprint density at radius 2 is 1.77 bits per heavy atom. The number of nitrogens with one attached hydrogen (secondary N) is 2. The molecule has 1 aromatic carbocycles. The number of aromatic nitrogens is 4. The second kappa shape index (κ2) is 14.5. The standard InChI is InChI=1S/C35H56N6O5Si/c1-33(2,3)40-32(42)44-20-17-27(46-47(10,11)35(7,8)9)23-45-26-14-12-13-24(21-26)29-38-30(37-25-15-18-43-19-16-25)28-22-36-41(31(28)39-29)34(4,5)6/h12-14,21-22,25,27H,15-20,23H2,1-11H3,(H,40,42)(H,37,38,39). The SMILES string of the molecule is CC(C)(C)NC(=O)OCCC(COc1cccc(-c2nc(NC3CCOCC3)c3cnn(C(C)(C)C)c3n2)c1)O[Si](C)(C)C(C)(C)C. The van der Waals surface area contributed by atoms with Crippen LogP contribution in [0.15, 0.2) is 30.5 Å². The Morgan fingerprint density at radius 1 is 1.06 bits per heavy atom. The molecule has 1 saturated heterocycles. The van der Waals surface area contributed by atoms with Crippen molar-refractivity contribution in [2.24, 2.45) is 0 Å². The van der Waals surface area contributed by atoms with E-state index in [-0.39, 0.29) is 34.9 Å². The number of rotatable bonds is 11. The average Bonchev–Trinajstić information content (AvgIpc) is 3.40. The number of anilines is 1. The fourth-order valence-electron chi connectivity index (χ4n) is 4.98. The molecule has 0 radical (unpaired) electrons. The summed E-state index contributed by atoms with van der Waals surface area (Å²) in [6.45, 7) is 25.2. The lowest BCUT2D eigenvalue weighted by atomic mass is 10.1. The first-order valence-corrected chi connectivity index (χ1v) is 19.7. The lowest BCUT2D eigenvalue weighted by molar-refractivity contribution is 0.0766. The number of amides is 1. The monoisotopic (exact) mass is 668 g/mol. The quantitative estimate of drug-likeness (QED) is 0.200. The molecule has 0 spiro atoms. The predicted octanol–water partition coefficient (Wildman–Crippen LogP) is 7.52. The van der Waals surface area contributed by atoms with Crippen LogP contribution in [0, 0.1) is 0 Å². The smallest absolute Gasteiger partial charge is 0.407 e. The summed E-state index contributed by atoms with van der Waals surface area (Å²) in [4.78, 5) is 22.3. The highest BCUT2D eigenvalue weighted by Gasteiger charge is 2.39. The fourth-order valence-corrected chi connectivity index (χ4v) is 6.36. The molecule has 1 unspecified atom stereocenters. The van der Waals surface area contributed by atoms with Gasteiger partial charge in [-0.2, -0.15) is 5.10 Å². The van der Waals surface area contributed by atoms with E-state index in [1.165, 1.54) is 0 Å². The van der Waals surface area contributed by atoms with Crippen molar-refractivity contribution in [2.75, 3.05) is 31.7 Å². The van der Waals surface area contributed by atoms with E-state index in [1.807, 2.05) is 55.9 Å². The molecule has 3 heterocycles. The summed E-state index contributed by atoms with van der Waals surface area (Å²) in [5, 5.41) is 12.1. The van der Waals surface area contributed by atoms with Crippen LogP contribution in [0.4, 0.5) is 10.6 Å². The molecule has 260 valence electrons. The number of carbonyl (C=O) groups is 1. The van der Waals surface area contributed by atoms with Crippen LogP contribution in [0.25, 0.3) is 22.4 Å². The second-order valence-electron chi connectivity index (χ2n) is 16.0. The van der Waals surface area contributed by atoms with Crippen molar-refractivity contribution in [2.45, 2.75) is 123 Å². The number of ether oxygens (including phenoxy) is 3. The summed E-state index contributed by atoms with van der Waals surface area (Å²) in [7, 11) is -2.13. The molecule has 0 aliphatic carbocycles. The first-order chi connectivity index (χ1) is 21.8. The molecule has 2 N–H and O–H groups in total. The minimum Gasteiger partial charge on any atom is -0.491 e. The molecule has 11 nitrogen and oxygen atoms in total. The van der Waals surface area contributed by atoms with Crippen molar-refractivity contribution < 1.29 is 23.4 Å². The highest BCUT2D eigenvalue weighted by molar-refractivity contribution is 6.74. The van der Waals surface area contributed by atoms with Gasteiger partial charge in [0.2, 0.25) is 0 Å². The first kappa shape index (κ1) is 36.6.